The highest BCUT2D eigenvalue weighted by molar-refractivity contribution is 6.17. The molecule has 31 heavy (non-hydrogen) atoms. The molecule has 0 aromatic heterocycles. The van der Waals surface area contributed by atoms with Gasteiger partial charge in [-0.3, -0.25) is 4.79 Å². The predicted molar refractivity (Wildman–Crippen MR) is 108 cm³/mol. The third kappa shape index (κ3) is 3.58. The van der Waals surface area contributed by atoms with Crippen molar-refractivity contribution < 1.29 is 32.2 Å². The Morgan fingerprint density at radius 1 is 1.13 bits per heavy atom. The zero-order chi connectivity index (χ0) is 22.1. The Morgan fingerprint density at radius 2 is 1.84 bits per heavy atom. The monoisotopic (exact) mass is 429 g/mol. The van der Waals surface area contributed by atoms with Crippen LogP contribution < -0.4 is 14.4 Å². The number of ether oxygens (including phenoxy) is 2. The average Bonchev–Trinajstić information content (AvgIpc) is 3.07. The van der Waals surface area contributed by atoms with Crippen LogP contribution in [-0.4, -0.2) is 25.4 Å². The molecule has 5 nitrogen and oxygen atoms in total. The number of carbonyl (C=O) groups excluding carboxylic acids is 2. The van der Waals surface area contributed by atoms with Gasteiger partial charge < -0.3 is 19.2 Å². The third-order valence-corrected chi connectivity index (χ3v) is 5.11. The Labute approximate surface area is 176 Å². The molecule has 0 atom stereocenters. The summed E-state index contributed by atoms with van der Waals surface area (Å²) in [6, 6.07) is 10.7. The fraction of sp³-hybridized carbons (Fsp3) is 0.217. The summed E-state index contributed by atoms with van der Waals surface area (Å²) in [6.07, 6.45) is 0.691. The zero-order valence-electron chi connectivity index (χ0n) is 16.5. The highest BCUT2D eigenvalue weighted by Gasteiger charge is 2.38. The summed E-state index contributed by atoms with van der Waals surface area (Å²) in [6.45, 7) is -1.28. The number of halogens is 3. The maximum absolute atomic E-state index is 14.8. The van der Waals surface area contributed by atoms with Crippen LogP contribution >= 0.6 is 0 Å². The Kier molecular flexibility index (Phi) is 5.54. The average molecular weight is 429 g/mol. The second-order valence-corrected chi connectivity index (χ2v) is 6.92. The van der Waals surface area contributed by atoms with Gasteiger partial charge in [-0.2, -0.15) is 8.78 Å². The molecule has 3 aromatic rings. The van der Waals surface area contributed by atoms with Gasteiger partial charge in [0.05, 0.1) is 24.4 Å². The van der Waals surface area contributed by atoms with Crippen LogP contribution in [0, 0.1) is 5.82 Å². The summed E-state index contributed by atoms with van der Waals surface area (Å²) < 4.78 is 51.8. The number of rotatable bonds is 7. The lowest BCUT2D eigenvalue weighted by Gasteiger charge is -2.17. The Bertz CT molecular complexity index is 1180. The van der Waals surface area contributed by atoms with Crippen molar-refractivity contribution in [2.45, 2.75) is 26.5 Å². The van der Waals surface area contributed by atoms with E-state index in [0.29, 0.717) is 22.6 Å². The van der Waals surface area contributed by atoms with E-state index < -0.39 is 18.3 Å². The van der Waals surface area contributed by atoms with E-state index in [-0.39, 0.29) is 47.9 Å². The molecule has 1 aliphatic heterocycles. The lowest BCUT2D eigenvalue weighted by atomic mass is 9.99. The number of hydrogen-bond acceptors (Lipinski definition) is 4. The first-order valence-electron chi connectivity index (χ1n) is 9.65. The largest absolute Gasteiger partial charge is 0.492 e. The smallest absolute Gasteiger partial charge is 0.387 e. The summed E-state index contributed by atoms with van der Waals surface area (Å²) in [4.78, 5) is 25.2. The quantitative estimate of drug-likeness (QED) is 0.503. The maximum Gasteiger partial charge on any atom is 0.387 e. The Morgan fingerprint density at radius 3 is 2.45 bits per heavy atom. The molecular weight excluding hydrogens is 411 g/mol. The van der Waals surface area contributed by atoms with Gasteiger partial charge in [-0.25, -0.2) is 4.39 Å². The normalized spacial score (nSPS) is 13.1. The fourth-order valence-corrected chi connectivity index (χ4v) is 3.87. The fourth-order valence-electron chi connectivity index (χ4n) is 3.87. The summed E-state index contributed by atoms with van der Waals surface area (Å²) in [5.74, 6) is -1.15. The van der Waals surface area contributed by atoms with Crippen LogP contribution in [-0.2, 0) is 17.8 Å². The van der Waals surface area contributed by atoms with Gasteiger partial charge in [0.2, 0.25) is 0 Å². The van der Waals surface area contributed by atoms with Crippen LogP contribution in [0.4, 0.5) is 18.9 Å². The second kappa shape index (κ2) is 8.29. The molecule has 1 heterocycles. The van der Waals surface area contributed by atoms with Crippen LogP contribution in [0.2, 0.25) is 0 Å². The van der Waals surface area contributed by atoms with E-state index in [9.17, 15) is 22.8 Å². The van der Waals surface area contributed by atoms with E-state index in [1.54, 1.807) is 37.3 Å². The number of anilines is 1. The highest BCUT2D eigenvalue weighted by Crippen LogP contribution is 2.46. The molecule has 0 N–H and O–H groups in total. The molecule has 0 aliphatic carbocycles. The number of amides is 1. The molecule has 0 fully saturated rings. The molecule has 0 unspecified atom stereocenters. The van der Waals surface area contributed by atoms with Crippen LogP contribution in [0.15, 0.2) is 42.5 Å². The molecule has 8 heteroatoms. The second-order valence-electron chi connectivity index (χ2n) is 6.92. The number of fused-ring (bicyclic) bond motifs is 2. The first-order valence-corrected chi connectivity index (χ1v) is 9.65. The molecular formula is C23H18F3NO4. The molecule has 4 rings (SSSR count). The predicted octanol–water partition coefficient (Wildman–Crippen LogP) is 4.88. The Hall–Kier alpha value is -3.55. The first-order chi connectivity index (χ1) is 15.0. The van der Waals surface area contributed by atoms with Gasteiger partial charge in [0.25, 0.3) is 5.91 Å². The minimum absolute atomic E-state index is 0.0228. The molecule has 0 radical (unpaired) electrons. The van der Waals surface area contributed by atoms with Crippen molar-refractivity contribution in [3.8, 4) is 11.5 Å². The standard InChI is InChI=1S/C23H18F3NO4/c1-2-30-21-15-6-4-3-5-14(15)20(31-23(25)26)16-12-27(22(29)19(16)21)18-8-7-13(9-10-28)11-17(18)24/h3-8,10-11,23H,2,9,12H2,1H3. The van der Waals surface area contributed by atoms with Gasteiger partial charge in [-0.15, -0.1) is 0 Å². The first kappa shape index (κ1) is 20.7. The van der Waals surface area contributed by atoms with Crippen molar-refractivity contribution in [2.75, 3.05) is 11.5 Å². The van der Waals surface area contributed by atoms with Crippen molar-refractivity contribution in [3.05, 3.63) is 65.0 Å². The maximum atomic E-state index is 14.8. The number of alkyl halides is 2. The van der Waals surface area contributed by atoms with E-state index in [0.717, 1.165) is 4.90 Å². The number of carbonyl (C=O) groups is 2. The van der Waals surface area contributed by atoms with E-state index >= 15 is 0 Å². The van der Waals surface area contributed by atoms with Gasteiger partial charge in [-0.05, 0) is 24.6 Å². The summed E-state index contributed by atoms with van der Waals surface area (Å²) in [5, 5.41) is 0.831. The Balaban J connectivity index is 1.91. The molecule has 0 saturated heterocycles. The van der Waals surface area contributed by atoms with Crippen LogP contribution in [0.1, 0.15) is 28.4 Å². The van der Waals surface area contributed by atoms with Crippen molar-refractivity contribution >= 4 is 28.7 Å². The topological polar surface area (TPSA) is 55.8 Å². The zero-order valence-corrected chi connectivity index (χ0v) is 16.5. The highest BCUT2D eigenvalue weighted by atomic mass is 19.3. The van der Waals surface area contributed by atoms with Crippen molar-refractivity contribution in [1.82, 2.24) is 0 Å². The molecule has 1 aliphatic rings. The molecule has 0 spiro atoms. The van der Waals surface area contributed by atoms with Crippen LogP contribution in [0.3, 0.4) is 0 Å². The van der Waals surface area contributed by atoms with E-state index in [4.69, 9.17) is 9.47 Å². The van der Waals surface area contributed by atoms with E-state index in [1.165, 1.54) is 12.1 Å². The molecule has 0 bridgehead atoms. The minimum atomic E-state index is -3.10. The summed E-state index contributed by atoms with van der Waals surface area (Å²) in [5.41, 5.74) is 0.726. The van der Waals surface area contributed by atoms with Gasteiger partial charge in [0.15, 0.2) is 0 Å². The lowest BCUT2D eigenvalue weighted by Crippen LogP contribution is -2.24. The SMILES string of the molecule is CCOc1c2c(c(OC(F)F)c3ccccc13)CN(c1ccc(CC=O)cc1F)C2=O. The number of nitrogens with zero attached hydrogens (tertiary/aromatic N) is 1. The number of aldehydes is 1. The van der Waals surface area contributed by atoms with Crippen molar-refractivity contribution in [2.24, 2.45) is 0 Å². The van der Waals surface area contributed by atoms with E-state index in [1.807, 2.05) is 0 Å². The van der Waals surface area contributed by atoms with Crippen LogP contribution in [0.25, 0.3) is 10.8 Å². The molecule has 3 aromatic carbocycles. The van der Waals surface area contributed by atoms with Gasteiger partial charge >= 0.3 is 6.61 Å². The molecule has 160 valence electrons. The molecule has 0 saturated carbocycles. The molecule has 1 amide bonds. The summed E-state index contributed by atoms with van der Waals surface area (Å²) >= 11 is 0. The van der Waals surface area contributed by atoms with Crippen molar-refractivity contribution in [3.63, 3.8) is 0 Å². The van der Waals surface area contributed by atoms with Crippen molar-refractivity contribution in [1.29, 1.82) is 0 Å². The lowest BCUT2D eigenvalue weighted by molar-refractivity contribution is -0.107. The number of hydrogen-bond donors (Lipinski definition) is 0. The minimum Gasteiger partial charge on any atom is -0.492 e. The summed E-state index contributed by atoms with van der Waals surface area (Å²) in [7, 11) is 0. The van der Waals surface area contributed by atoms with Gasteiger partial charge in [-0.1, -0.05) is 30.3 Å². The van der Waals surface area contributed by atoms with Gasteiger partial charge in [0, 0.05) is 22.8 Å². The number of benzene rings is 3. The van der Waals surface area contributed by atoms with Crippen LogP contribution in [0.5, 0.6) is 11.5 Å². The van der Waals surface area contributed by atoms with Gasteiger partial charge in [0.1, 0.15) is 23.6 Å². The van der Waals surface area contributed by atoms with E-state index in [2.05, 4.69) is 0 Å². The third-order valence-electron chi connectivity index (χ3n) is 5.11.